The summed E-state index contributed by atoms with van der Waals surface area (Å²) in [5, 5.41) is 10.2. The summed E-state index contributed by atoms with van der Waals surface area (Å²) in [6.45, 7) is 0. The Labute approximate surface area is 112 Å². The van der Waals surface area contributed by atoms with Crippen molar-refractivity contribution in [3.05, 3.63) is 33.4 Å². The van der Waals surface area contributed by atoms with E-state index in [1.807, 2.05) is 6.07 Å². The lowest BCUT2D eigenvalue weighted by molar-refractivity contribution is 0.304. The highest BCUT2D eigenvalue weighted by atomic mass is 35.5. The van der Waals surface area contributed by atoms with Crippen molar-refractivity contribution in [2.24, 2.45) is 0 Å². The minimum absolute atomic E-state index is 0.616. The average Bonchev–Trinajstić information content (AvgIpc) is 2.91. The molecular weight excluding hydrogens is 273 g/mol. The lowest BCUT2D eigenvalue weighted by Gasteiger charge is -2.08. The molecule has 1 N–H and O–H groups in total. The van der Waals surface area contributed by atoms with Gasteiger partial charge in [0.2, 0.25) is 0 Å². The predicted molar refractivity (Wildman–Crippen MR) is 69.0 cm³/mol. The number of halogens is 2. The number of fused-ring (bicyclic) bond motifs is 5. The molecule has 0 bridgehead atoms. The molecule has 1 aliphatic rings. The molecule has 6 heteroatoms. The van der Waals surface area contributed by atoms with E-state index in [0.717, 1.165) is 40.8 Å². The molecule has 0 atom stereocenters. The molecule has 3 aromatic rings. The number of aromatic amines is 1. The van der Waals surface area contributed by atoms with E-state index in [2.05, 4.69) is 15.3 Å². The van der Waals surface area contributed by atoms with Crippen LogP contribution in [0.4, 0.5) is 0 Å². The molecule has 0 saturated carbocycles. The third kappa shape index (κ3) is 1.27. The lowest BCUT2D eigenvalue weighted by atomic mass is 9.96. The zero-order valence-corrected chi connectivity index (χ0v) is 10.6. The van der Waals surface area contributed by atoms with E-state index in [1.54, 1.807) is 6.07 Å². The molecule has 0 unspecified atom stereocenters. The van der Waals surface area contributed by atoms with E-state index >= 15 is 0 Å². The van der Waals surface area contributed by atoms with Crippen LogP contribution in [0.3, 0.4) is 0 Å². The molecular formula is C12H7Cl2N3O. The van der Waals surface area contributed by atoms with E-state index in [4.69, 9.17) is 27.8 Å². The minimum atomic E-state index is 0.616. The Kier molecular flexibility index (Phi) is 2.02. The van der Waals surface area contributed by atoms with Gasteiger partial charge in [0, 0.05) is 10.4 Å². The van der Waals surface area contributed by atoms with Crippen LogP contribution in [0.2, 0.25) is 10.0 Å². The van der Waals surface area contributed by atoms with E-state index in [9.17, 15) is 0 Å². The summed E-state index contributed by atoms with van der Waals surface area (Å²) in [7, 11) is 0. The molecule has 4 rings (SSSR count). The van der Waals surface area contributed by atoms with Gasteiger partial charge < -0.3 is 4.98 Å². The van der Waals surface area contributed by atoms with Gasteiger partial charge in [-0.25, -0.2) is 4.63 Å². The van der Waals surface area contributed by atoms with Crippen LogP contribution in [-0.4, -0.2) is 15.3 Å². The van der Waals surface area contributed by atoms with E-state index in [1.165, 1.54) is 5.56 Å². The number of H-pyrrole nitrogens is 1. The van der Waals surface area contributed by atoms with Crippen molar-refractivity contribution < 1.29 is 4.63 Å². The summed E-state index contributed by atoms with van der Waals surface area (Å²) < 4.78 is 4.80. The van der Waals surface area contributed by atoms with Crippen molar-refractivity contribution in [1.29, 1.82) is 0 Å². The summed E-state index contributed by atoms with van der Waals surface area (Å²) >= 11 is 12.3. The minimum Gasteiger partial charge on any atom is -0.352 e. The fraction of sp³-hybridized carbons (Fsp3) is 0.167. The fourth-order valence-corrected chi connectivity index (χ4v) is 3.08. The molecule has 1 aliphatic carbocycles. The lowest BCUT2D eigenvalue weighted by Crippen LogP contribution is -2.02. The largest absolute Gasteiger partial charge is 0.352 e. The number of rotatable bonds is 0. The molecule has 0 spiro atoms. The molecule has 2 aromatic heterocycles. The Morgan fingerprint density at radius 1 is 1.17 bits per heavy atom. The molecule has 0 saturated heterocycles. The quantitative estimate of drug-likeness (QED) is 0.684. The Balaban J connectivity index is 2.13. The van der Waals surface area contributed by atoms with Crippen LogP contribution in [-0.2, 0) is 12.8 Å². The maximum absolute atomic E-state index is 6.21. The van der Waals surface area contributed by atoms with Gasteiger partial charge in [-0.3, -0.25) is 0 Å². The van der Waals surface area contributed by atoms with Gasteiger partial charge in [0.25, 0.3) is 0 Å². The first-order chi connectivity index (χ1) is 8.74. The summed E-state index contributed by atoms with van der Waals surface area (Å²) in [5.41, 5.74) is 4.67. The standard InChI is InChI=1S/C12H7Cl2N3O/c13-5-3-7-6-1-2-9-12(17-18-16-9)11(6)15-10(7)8(14)4-5/h3-4,15H,1-2H2. The van der Waals surface area contributed by atoms with Crippen molar-refractivity contribution >= 4 is 34.1 Å². The summed E-state index contributed by atoms with van der Waals surface area (Å²) in [6.07, 6.45) is 1.70. The smallest absolute Gasteiger partial charge is 0.154 e. The van der Waals surface area contributed by atoms with Crippen molar-refractivity contribution in [2.75, 3.05) is 0 Å². The van der Waals surface area contributed by atoms with Crippen LogP contribution in [0.1, 0.15) is 11.3 Å². The van der Waals surface area contributed by atoms with Crippen LogP contribution in [0, 0.1) is 0 Å². The molecule has 1 aromatic carbocycles. The molecule has 4 nitrogen and oxygen atoms in total. The highest BCUT2D eigenvalue weighted by Gasteiger charge is 2.25. The SMILES string of the molecule is Clc1cc(Cl)c2[nH]c3c(c2c1)CCc1nonc1-3. The second-order valence-corrected chi connectivity index (χ2v) is 5.19. The van der Waals surface area contributed by atoms with E-state index in [-0.39, 0.29) is 0 Å². The van der Waals surface area contributed by atoms with Crippen molar-refractivity contribution in [3.8, 4) is 11.4 Å². The molecule has 18 heavy (non-hydrogen) atoms. The second kappa shape index (κ2) is 3.49. The Morgan fingerprint density at radius 3 is 2.94 bits per heavy atom. The van der Waals surface area contributed by atoms with Gasteiger partial charge >= 0.3 is 0 Å². The fourth-order valence-electron chi connectivity index (χ4n) is 2.54. The highest BCUT2D eigenvalue weighted by molar-refractivity contribution is 6.38. The second-order valence-electron chi connectivity index (χ2n) is 4.35. The van der Waals surface area contributed by atoms with Gasteiger partial charge in [-0.05, 0) is 35.7 Å². The number of benzene rings is 1. The summed E-state index contributed by atoms with van der Waals surface area (Å²) in [4.78, 5) is 3.30. The number of aromatic nitrogens is 3. The number of nitrogens with one attached hydrogen (secondary N) is 1. The van der Waals surface area contributed by atoms with Gasteiger partial charge in [0.1, 0.15) is 5.69 Å². The number of hydrogen-bond acceptors (Lipinski definition) is 3. The normalized spacial score (nSPS) is 13.7. The predicted octanol–water partition coefficient (Wildman–Crippen LogP) is 3.62. The highest BCUT2D eigenvalue weighted by Crippen LogP contribution is 2.39. The van der Waals surface area contributed by atoms with E-state index in [0.29, 0.717) is 10.0 Å². The van der Waals surface area contributed by atoms with Crippen LogP contribution < -0.4 is 0 Å². The molecule has 0 radical (unpaired) electrons. The van der Waals surface area contributed by atoms with Gasteiger partial charge in [-0.2, -0.15) is 0 Å². The third-order valence-electron chi connectivity index (χ3n) is 3.34. The monoisotopic (exact) mass is 279 g/mol. The first-order valence-electron chi connectivity index (χ1n) is 5.55. The van der Waals surface area contributed by atoms with Gasteiger partial charge in [0.05, 0.1) is 16.2 Å². The Hall–Kier alpha value is -1.52. The zero-order valence-electron chi connectivity index (χ0n) is 9.13. The maximum Gasteiger partial charge on any atom is 0.154 e. The van der Waals surface area contributed by atoms with Gasteiger partial charge in [-0.1, -0.05) is 28.4 Å². The molecule has 0 amide bonds. The number of nitrogens with zero attached hydrogens (tertiary/aromatic N) is 2. The Morgan fingerprint density at radius 2 is 2.06 bits per heavy atom. The Bertz CT molecular complexity index is 775. The molecule has 0 fully saturated rings. The third-order valence-corrected chi connectivity index (χ3v) is 3.85. The average molecular weight is 280 g/mol. The number of hydrogen-bond donors (Lipinski definition) is 1. The molecule has 0 aliphatic heterocycles. The van der Waals surface area contributed by atoms with Crippen LogP contribution in [0.25, 0.3) is 22.3 Å². The topological polar surface area (TPSA) is 54.7 Å². The van der Waals surface area contributed by atoms with Crippen molar-refractivity contribution in [1.82, 2.24) is 15.3 Å². The van der Waals surface area contributed by atoms with Gasteiger partial charge in [0.15, 0.2) is 5.69 Å². The molecule has 2 heterocycles. The first-order valence-corrected chi connectivity index (χ1v) is 6.31. The summed E-state index contributed by atoms with van der Waals surface area (Å²) in [6, 6.07) is 3.66. The van der Waals surface area contributed by atoms with E-state index < -0.39 is 0 Å². The summed E-state index contributed by atoms with van der Waals surface area (Å²) in [5.74, 6) is 0. The van der Waals surface area contributed by atoms with Crippen molar-refractivity contribution in [3.63, 3.8) is 0 Å². The van der Waals surface area contributed by atoms with Crippen molar-refractivity contribution in [2.45, 2.75) is 12.8 Å². The van der Waals surface area contributed by atoms with Crippen LogP contribution in [0.5, 0.6) is 0 Å². The molecule has 90 valence electrons. The first kappa shape index (κ1) is 10.4. The number of aryl methyl sites for hydroxylation is 2. The van der Waals surface area contributed by atoms with Crippen LogP contribution >= 0.6 is 23.2 Å². The van der Waals surface area contributed by atoms with Crippen LogP contribution in [0.15, 0.2) is 16.8 Å². The van der Waals surface area contributed by atoms with Gasteiger partial charge in [-0.15, -0.1) is 0 Å². The maximum atomic E-state index is 6.21. The zero-order chi connectivity index (χ0) is 12.3.